The Kier molecular flexibility index (Phi) is 4.37. The first-order valence-corrected chi connectivity index (χ1v) is 8.61. The van der Waals surface area contributed by atoms with Crippen molar-refractivity contribution in [1.82, 2.24) is 19.7 Å². The van der Waals surface area contributed by atoms with Crippen molar-refractivity contribution in [3.63, 3.8) is 0 Å². The van der Waals surface area contributed by atoms with Gasteiger partial charge >= 0.3 is 0 Å². The topological polar surface area (TPSA) is 51.0 Å². The maximum absolute atomic E-state index is 12.9. The molecule has 124 valence electrons. The predicted octanol–water partition coefficient (Wildman–Crippen LogP) is 3.73. The van der Waals surface area contributed by atoms with Crippen molar-refractivity contribution < 1.29 is 4.79 Å². The first kappa shape index (κ1) is 16.0. The van der Waals surface area contributed by atoms with Crippen LogP contribution in [0.4, 0.5) is 0 Å². The molecule has 0 aliphatic heterocycles. The summed E-state index contributed by atoms with van der Waals surface area (Å²) in [6.45, 7) is 6.08. The summed E-state index contributed by atoms with van der Waals surface area (Å²) >= 11 is 0. The van der Waals surface area contributed by atoms with Crippen molar-refractivity contribution in [2.45, 2.75) is 65.0 Å². The highest BCUT2D eigenvalue weighted by Crippen LogP contribution is 2.25. The molecule has 0 spiro atoms. The summed E-state index contributed by atoms with van der Waals surface area (Å²) < 4.78 is 1.90. The number of carbonyl (C=O) groups is 1. The molecule has 0 radical (unpaired) electrons. The molecule has 0 unspecified atom stereocenters. The van der Waals surface area contributed by atoms with Gasteiger partial charge in [0.2, 0.25) is 0 Å². The fourth-order valence-electron chi connectivity index (χ4n) is 3.48. The number of nitrogens with zero attached hydrogens (tertiary/aromatic N) is 4. The average Bonchev–Trinajstić information content (AvgIpc) is 2.96. The lowest BCUT2D eigenvalue weighted by Crippen LogP contribution is -2.38. The van der Waals surface area contributed by atoms with Crippen LogP contribution in [0.5, 0.6) is 0 Å². The van der Waals surface area contributed by atoms with Gasteiger partial charge in [-0.25, -0.2) is 9.67 Å². The molecule has 1 aliphatic carbocycles. The zero-order chi connectivity index (χ0) is 16.6. The number of hydrogen-bond donors (Lipinski definition) is 0. The van der Waals surface area contributed by atoms with Gasteiger partial charge in [0.05, 0.1) is 17.5 Å². The molecule has 1 fully saturated rings. The van der Waals surface area contributed by atoms with Gasteiger partial charge in [-0.15, -0.1) is 0 Å². The Bertz CT molecular complexity index is 713. The molecule has 0 aromatic carbocycles. The summed E-state index contributed by atoms with van der Waals surface area (Å²) in [6.07, 6.45) is 7.77. The van der Waals surface area contributed by atoms with E-state index in [9.17, 15) is 4.79 Å². The SMILES string of the molecule is Cc1nc2c(cnn2C(C)C)cc1C(=O)N(C)C1CCCCC1. The second kappa shape index (κ2) is 6.30. The molecule has 0 bridgehead atoms. The lowest BCUT2D eigenvalue weighted by Gasteiger charge is -2.31. The van der Waals surface area contributed by atoms with E-state index in [0.717, 1.165) is 29.6 Å². The third kappa shape index (κ3) is 2.96. The number of aromatic nitrogens is 3. The lowest BCUT2D eigenvalue weighted by molar-refractivity contribution is 0.0695. The van der Waals surface area contributed by atoms with E-state index in [2.05, 4.69) is 23.9 Å². The largest absolute Gasteiger partial charge is 0.339 e. The maximum atomic E-state index is 12.9. The van der Waals surface area contributed by atoms with E-state index in [4.69, 9.17) is 0 Å². The Morgan fingerprint density at radius 1 is 1.30 bits per heavy atom. The first-order chi connectivity index (χ1) is 11.0. The number of aryl methyl sites for hydroxylation is 1. The average molecular weight is 314 g/mol. The van der Waals surface area contributed by atoms with Gasteiger partial charge in [0.25, 0.3) is 5.91 Å². The minimum Gasteiger partial charge on any atom is -0.339 e. The number of pyridine rings is 1. The number of carbonyl (C=O) groups excluding carboxylic acids is 1. The van der Waals surface area contributed by atoms with Crippen LogP contribution >= 0.6 is 0 Å². The quantitative estimate of drug-likeness (QED) is 0.867. The monoisotopic (exact) mass is 314 g/mol. The molecule has 2 heterocycles. The van der Waals surface area contributed by atoms with Crippen LogP contribution in [0, 0.1) is 6.92 Å². The predicted molar refractivity (Wildman–Crippen MR) is 91.6 cm³/mol. The highest BCUT2D eigenvalue weighted by atomic mass is 16.2. The Hall–Kier alpha value is -1.91. The highest BCUT2D eigenvalue weighted by molar-refractivity contribution is 5.98. The van der Waals surface area contributed by atoms with Crippen molar-refractivity contribution in [2.75, 3.05) is 7.05 Å². The highest BCUT2D eigenvalue weighted by Gasteiger charge is 2.25. The van der Waals surface area contributed by atoms with Crippen LogP contribution in [0.25, 0.3) is 11.0 Å². The third-order valence-electron chi connectivity index (χ3n) is 4.92. The van der Waals surface area contributed by atoms with Crippen molar-refractivity contribution in [3.8, 4) is 0 Å². The molecule has 23 heavy (non-hydrogen) atoms. The molecule has 0 N–H and O–H groups in total. The standard InChI is InChI=1S/C18H26N4O/c1-12(2)22-17-14(11-19-22)10-16(13(3)20-17)18(23)21(4)15-8-6-5-7-9-15/h10-12,15H,5-9H2,1-4H3. The number of amides is 1. The van der Waals surface area contributed by atoms with Crippen LogP contribution in [-0.4, -0.2) is 38.7 Å². The zero-order valence-corrected chi connectivity index (χ0v) is 14.5. The Labute approximate surface area is 137 Å². The van der Waals surface area contributed by atoms with Gasteiger partial charge in [-0.2, -0.15) is 5.10 Å². The first-order valence-electron chi connectivity index (χ1n) is 8.61. The Balaban J connectivity index is 1.92. The fraction of sp³-hybridized carbons (Fsp3) is 0.611. The summed E-state index contributed by atoms with van der Waals surface area (Å²) in [4.78, 5) is 19.5. The van der Waals surface area contributed by atoms with Crippen LogP contribution in [0.1, 0.15) is 68.0 Å². The summed E-state index contributed by atoms with van der Waals surface area (Å²) in [7, 11) is 1.93. The molecule has 3 rings (SSSR count). The van der Waals surface area contributed by atoms with E-state index in [-0.39, 0.29) is 11.9 Å². The van der Waals surface area contributed by atoms with Gasteiger partial charge in [-0.3, -0.25) is 4.79 Å². The van der Waals surface area contributed by atoms with Gasteiger partial charge in [0, 0.05) is 24.5 Å². The van der Waals surface area contributed by atoms with Crippen LogP contribution in [0.3, 0.4) is 0 Å². The van der Waals surface area contributed by atoms with Crippen molar-refractivity contribution in [1.29, 1.82) is 0 Å². The molecule has 1 saturated carbocycles. The zero-order valence-electron chi connectivity index (χ0n) is 14.5. The van der Waals surface area contributed by atoms with Gasteiger partial charge in [-0.05, 0) is 39.7 Å². The second-order valence-corrected chi connectivity index (χ2v) is 6.92. The van der Waals surface area contributed by atoms with E-state index in [1.165, 1.54) is 19.3 Å². The van der Waals surface area contributed by atoms with Crippen LogP contribution in [-0.2, 0) is 0 Å². The van der Waals surface area contributed by atoms with Crippen molar-refractivity contribution >= 4 is 16.9 Å². The van der Waals surface area contributed by atoms with E-state index >= 15 is 0 Å². The fourth-order valence-corrected chi connectivity index (χ4v) is 3.48. The summed E-state index contributed by atoms with van der Waals surface area (Å²) in [5.74, 6) is 0.0843. The molecule has 5 nitrogen and oxygen atoms in total. The van der Waals surface area contributed by atoms with E-state index in [1.807, 2.05) is 29.6 Å². The smallest absolute Gasteiger partial charge is 0.255 e. The third-order valence-corrected chi connectivity index (χ3v) is 4.92. The number of fused-ring (bicyclic) bond motifs is 1. The van der Waals surface area contributed by atoms with Crippen LogP contribution < -0.4 is 0 Å². The van der Waals surface area contributed by atoms with Gasteiger partial charge in [0.1, 0.15) is 0 Å². The van der Waals surface area contributed by atoms with Gasteiger partial charge in [-0.1, -0.05) is 19.3 Å². The molecule has 1 amide bonds. The Morgan fingerprint density at radius 2 is 2.00 bits per heavy atom. The minimum absolute atomic E-state index is 0.0843. The van der Waals surface area contributed by atoms with E-state index < -0.39 is 0 Å². The maximum Gasteiger partial charge on any atom is 0.255 e. The molecule has 2 aromatic rings. The molecule has 0 saturated heterocycles. The number of hydrogen-bond acceptors (Lipinski definition) is 3. The summed E-state index contributed by atoms with van der Waals surface area (Å²) in [5.41, 5.74) is 2.34. The van der Waals surface area contributed by atoms with Crippen LogP contribution in [0.2, 0.25) is 0 Å². The molecule has 0 atom stereocenters. The number of rotatable bonds is 3. The van der Waals surface area contributed by atoms with Crippen molar-refractivity contribution in [2.24, 2.45) is 0 Å². The molecular weight excluding hydrogens is 288 g/mol. The normalized spacial score (nSPS) is 16.2. The molecule has 2 aromatic heterocycles. The van der Waals surface area contributed by atoms with Gasteiger partial charge in [0.15, 0.2) is 5.65 Å². The minimum atomic E-state index is 0.0843. The molecule has 5 heteroatoms. The molecular formula is C18H26N4O. The molecule has 1 aliphatic rings. The van der Waals surface area contributed by atoms with E-state index in [1.54, 1.807) is 6.20 Å². The summed E-state index contributed by atoms with van der Waals surface area (Å²) in [5, 5.41) is 5.34. The second-order valence-electron chi connectivity index (χ2n) is 6.92. The van der Waals surface area contributed by atoms with E-state index in [0.29, 0.717) is 11.6 Å². The Morgan fingerprint density at radius 3 is 2.65 bits per heavy atom. The van der Waals surface area contributed by atoms with Crippen LogP contribution in [0.15, 0.2) is 12.3 Å². The van der Waals surface area contributed by atoms with Crippen molar-refractivity contribution in [3.05, 3.63) is 23.5 Å². The lowest BCUT2D eigenvalue weighted by atomic mass is 9.94. The summed E-state index contributed by atoms with van der Waals surface area (Å²) in [6, 6.07) is 2.57. The van der Waals surface area contributed by atoms with Gasteiger partial charge < -0.3 is 4.90 Å².